The molecule has 0 aliphatic carbocycles. The molecular formula is C13H19ClN2O2. The molecule has 18 heavy (non-hydrogen) atoms. The summed E-state index contributed by atoms with van der Waals surface area (Å²) in [6.45, 7) is 5.07. The zero-order valence-corrected chi connectivity index (χ0v) is 11.5. The van der Waals surface area contributed by atoms with Crippen molar-refractivity contribution in [2.45, 2.75) is 39.2 Å². The number of nitrogens with one attached hydrogen (secondary N) is 1. The van der Waals surface area contributed by atoms with Gasteiger partial charge in [-0.1, -0.05) is 31.5 Å². The predicted molar refractivity (Wildman–Crippen MR) is 74.2 cm³/mol. The van der Waals surface area contributed by atoms with Crippen LogP contribution in [0.25, 0.3) is 0 Å². The number of halogens is 1. The number of hydrogen-bond donors (Lipinski definition) is 1. The van der Waals surface area contributed by atoms with Gasteiger partial charge in [0.2, 0.25) is 0 Å². The molecule has 1 N–H and O–H groups in total. The van der Waals surface area contributed by atoms with Crippen LogP contribution in [0.2, 0.25) is 5.02 Å². The minimum absolute atomic E-state index is 0.119. The van der Waals surface area contributed by atoms with Gasteiger partial charge in [-0.05, 0) is 31.9 Å². The van der Waals surface area contributed by atoms with E-state index in [-0.39, 0.29) is 10.6 Å². The van der Waals surface area contributed by atoms with Gasteiger partial charge in [0.25, 0.3) is 5.69 Å². The van der Waals surface area contributed by atoms with E-state index in [1.54, 1.807) is 12.1 Å². The van der Waals surface area contributed by atoms with Crippen molar-refractivity contribution in [3.63, 3.8) is 0 Å². The highest BCUT2D eigenvalue weighted by Crippen LogP contribution is 2.27. The van der Waals surface area contributed by atoms with E-state index in [0.717, 1.165) is 19.4 Å². The molecule has 0 aromatic heterocycles. The first-order valence-corrected chi connectivity index (χ1v) is 6.63. The van der Waals surface area contributed by atoms with E-state index in [1.807, 2.05) is 0 Å². The Bertz CT molecular complexity index is 410. The normalized spacial score (nSPS) is 12.4. The van der Waals surface area contributed by atoms with Crippen molar-refractivity contribution in [2.75, 3.05) is 6.54 Å². The monoisotopic (exact) mass is 270 g/mol. The molecule has 1 aromatic carbocycles. The number of benzene rings is 1. The molecule has 1 rings (SSSR count). The zero-order valence-electron chi connectivity index (χ0n) is 10.8. The molecule has 0 aliphatic rings. The molecule has 4 nitrogen and oxygen atoms in total. The number of nitro groups is 1. The van der Waals surface area contributed by atoms with E-state index in [4.69, 9.17) is 11.6 Å². The Morgan fingerprint density at radius 2 is 2.17 bits per heavy atom. The van der Waals surface area contributed by atoms with Crippen molar-refractivity contribution in [3.8, 4) is 0 Å². The van der Waals surface area contributed by atoms with Crippen LogP contribution < -0.4 is 5.32 Å². The Morgan fingerprint density at radius 1 is 1.44 bits per heavy atom. The number of nitro benzene ring substituents is 1. The van der Waals surface area contributed by atoms with E-state index >= 15 is 0 Å². The first kappa shape index (κ1) is 14.9. The third-order valence-corrected chi connectivity index (χ3v) is 3.37. The number of hydrogen-bond acceptors (Lipinski definition) is 3. The maximum Gasteiger partial charge on any atom is 0.274 e. The molecule has 0 saturated heterocycles. The quantitative estimate of drug-likeness (QED) is 0.609. The highest BCUT2D eigenvalue weighted by Gasteiger charge is 2.17. The molecule has 0 fully saturated rings. The molecular weight excluding hydrogens is 252 g/mol. The minimum Gasteiger partial charge on any atom is -0.314 e. The number of nitrogens with zero attached hydrogens (tertiary/aromatic N) is 1. The van der Waals surface area contributed by atoms with Crippen LogP contribution in [0.15, 0.2) is 18.2 Å². The molecule has 0 bridgehead atoms. The van der Waals surface area contributed by atoms with Gasteiger partial charge in [0, 0.05) is 17.7 Å². The van der Waals surface area contributed by atoms with Crippen molar-refractivity contribution >= 4 is 17.3 Å². The Kier molecular flexibility index (Phi) is 6.09. The van der Waals surface area contributed by atoms with Crippen LogP contribution in [0.1, 0.15) is 32.3 Å². The fourth-order valence-electron chi connectivity index (χ4n) is 2.02. The van der Waals surface area contributed by atoms with Crippen LogP contribution in [0.5, 0.6) is 0 Å². The highest BCUT2D eigenvalue weighted by molar-refractivity contribution is 6.31. The fraction of sp³-hybridized carbons (Fsp3) is 0.538. The van der Waals surface area contributed by atoms with Gasteiger partial charge in [0.05, 0.1) is 9.95 Å². The SMILES string of the molecule is CCNC(CC)CCc1c(Cl)cccc1[N+](=O)[O-]. The lowest BCUT2D eigenvalue weighted by Gasteiger charge is -2.15. The van der Waals surface area contributed by atoms with Gasteiger partial charge in [0.15, 0.2) is 0 Å². The summed E-state index contributed by atoms with van der Waals surface area (Å²) in [6.07, 6.45) is 2.49. The van der Waals surface area contributed by atoms with E-state index in [9.17, 15) is 10.1 Å². The lowest BCUT2D eigenvalue weighted by Crippen LogP contribution is -2.28. The molecule has 0 radical (unpaired) electrons. The molecule has 1 atom stereocenters. The highest BCUT2D eigenvalue weighted by atomic mass is 35.5. The summed E-state index contributed by atoms with van der Waals surface area (Å²) in [4.78, 5) is 10.6. The summed E-state index contributed by atoms with van der Waals surface area (Å²) in [5.74, 6) is 0. The molecule has 1 unspecified atom stereocenters. The molecule has 0 spiro atoms. The van der Waals surface area contributed by atoms with Gasteiger partial charge < -0.3 is 5.32 Å². The molecule has 5 heteroatoms. The Morgan fingerprint density at radius 3 is 2.72 bits per heavy atom. The Labute approximate surface area is 112 Å². The van der Waals surface area contributed by atoms with Crippen LogP contribution in [0.3, 0.4) is 0 Å². The van der Waals surface area contributed by atoms with Crippen molar-refractivity contribution in [1.29, 1.82) is 0 Å². The lowest BCUT2D eigenvalue weighted by atomic mass is 10.0. The third kappa shape index (κ3) is 3.96. The Hall–Kier alpha value is -1.13. The average molecular weight is 271 g/mol. The van der Waals surface area contributed by atoms with Crippen LogP contribution in [0, 0.1) is 10.1 Å². The van der Waals surface area contributed by atoms with Crippen molar-refractivity contribution in [2.24, 2.45) is 0 Å². The minimum atomic E-state index is -0.366. The summed E-state index contributed by atoms with van der Waals surface area (Å²) in [5, 5.41) is 14.8. The fourth-order valence-corrected chi connectivity index (χ4v) is 2.29. The summed E-state index contributed by atoms with van der Waals surface area (Å²) >= 11 is 6.05. The first-order valence-electron chi connectivity index (χ1n) is 6.25. The zero-order chi connectivity index (χ0) is 13.5. The average Bonchev–Trinajstić information content (AvgIpc) is 2.35. The third-order valence-electron chi connectivity index (χ3n) is 3.02. The van der Waals surface area contributed by atoms with Gasteiger partial charge in [-0.25, -0.2) is 0 Å². The van der Waals surface area contributed by atoms with Crippen molar-refractivity contribution < 1.29 is 4.92 Å². The van der Waals surface area contributed by atoms with Gasteiger partial charge in [0.1, 0.15) is 0 Å². The molecule has 100 valence electrons. The van der Waals surface area contributed by atoms with Crippen LogP contribution in [0.4, 0.5) is 5.69 Å². The summed E-state index contributed by atoms with van der Waals surface area (Å²) in [7, 11) is 0. The van der Waals surface area contributed by atoms with E-state index in [2.05, 4.69) is 19.2 Å². The smallest absolute Gasteiger partial charge is 0.274 e. The molecule has 1 aromatic rings. The van der Waals surface area contributed by atoms with Gasteiger partial charge in [-0.2, -0.15) is 0 Å². The second kappa shape index (κ2) is 7.34. The number of rotatable bonds is 7. The first-order chi connectivity index (χ1) is 8.60. The summed E-state index contributed by atoms with van der Waals surface area (Å²) in [6, 6.07) is 5.21. The molecule has 0 amide bonds. The molecule has 0 heterocycles. The van der Waals surface area contributed by atoms with Crippen LogP contribution in [-0.2, 0) is 6.42 Å². The molecule has 0 saturated carbocycles. The van der Waals surface area contributed by atoms with Crippen molar-refractivity contribution in [3.05, 3.63) is 38.9 Å². The second-order valence-corrected chi connectivity index (χ2v) is 4.60. The summed E-state index contributed by atoms with van der Waals surface area (Å²) < 4.78 is 0. The van der Waals surface area contributed by atoms with Crippen LogP contribution in [-0.4, -0.2) is 17.5 Å². The van der Waals surface area contributed by atoms with Gasteiger partial charge in [-0.15, -0.1) is 0 Å². The maximum absolute atomic E-state index is 10.9. The van der Waals surface area contributed by atoms with Gasteiger partial charge in [-0.3, -0.25) is 10.1 Å². The molecule has 0 aliphatic heterocycles. The predicted octanol–water partition coefficient (Wildman–Crippen LogP) is 3.57. The van der Waals surface area contributed by atoms with Crippen LogP contribution >= 0.6 is 11.6 Å². The Balaban J connectivity index is 2.80. The largest absolute Gasteiger partial charge is 0.314 e. The van der Waals surface area contributed by atoms with Gasteiger partial charge >= 0.3 is 0 Å². The van der Waals surface area contributed by atoms with E-state index < -0.39 is 0 Å². The lowest BCUT2D eigenvalue weighted by molar-refractivity contribution is -0.385. The second-order valence-electron chi connectivity index (χ2n) is 4.20. The van der Waals surface area contributed by atoms with Crippen molar-refractivity contribution in [1.82, 2.24) is 5.32 Å². The topological polar surface area (TPSA) is 55.2 Å². The summed E-state index contributed by atoms with van der Waals surface area (Å²) in [5.41, 5.74) is 0.759. The standard InChI is InChI=1S/C13H19ClN2O2/c1-3-10(15-4-2)8-9-11-12(14)6-5-7-13(11)16(17)18/h5-7,10,15H,3-4,8-9H2,1-2H3. The van der Waals surface area contributed by atoms with E-state index in [0.29, 0.717) is 23.0 Å². The van der Waals surface area contributed by atoms with E-state index in [1.165, 1.54) is 6.07 Å². The maximum atomic E-state index is 10.9.